The number of piperazine rings is 1. The van der Waals surface area contributed by atoms with Crippen molar-refractivity contribution in [3.8, 4) is 11.5 Å². The summed E-state index contributed by atoms with van der Waals surface area (Å²) in [6.45, 7) is 7.30. The monoisotopic (exact) mass is 579 g/mol. The predicted molar refractivity (Wildman–Crippen MR) is 157 cm³/mol. The van der Waals surface area contributed by atoms with E-state index in [2.05, 4.69) is 31.3 Å². The lowest BCUT2D eigenvalue weighted by Crippen LogP contribution is -2.61. The van der Waals surface area contributed by atoms with Crippen LogP contribution in [0, 0.1) is 26.6 Å². The molecule has 2 aliphatic rings. The van der Waals surface area contributed by atoms with Crippen molar-refractivity contribution in [3.63, 3.8) is 0 Å². The number of nitrogens with zero attached hydrogens (tertiary/aromatic N) is 2. The van der Waals surface area contributed by atoms with E-state index in [9.17, 15) is 14.0 Å². The smallest absolute Gasteiger partial charge is 0.247 e. The lowest BCUT2D eigenvalue weighted by Gasteiger charge is -2.38. The fraction of sp³-hybridized carbons (Fsp3) is 0.375. The summed E-state index contributed by atoms with van der Waals surface area (Å²) >= 11 is 6.16. The van der Waals surface area contributed by atoms with Crippen LogP contribution in [-0.2, 0) is 16.1 Å². The van der Waals surface area contributed by atoms with Gasteiger partial charge in [-0.05, 0) is 86.2 Å². The van der Waals surface area contributed by atoms with Gasteiger partial charge in [-0.2, -0.15) is 0 Å². The van der Waals surface area contributed by atoms with Gasteiger partial charge in [-0.1, -0.05) is 35.9 Å². The summed E-state index contributed by atoms with van der Waals surface area (Å²) in [4.78, 5) is 30.6. The highest BCUT2D eigenvalue weighted by Gasteiger charge is 2.41. The predicted octanol–water partition coefficient (Wildman–Crippen LogP) is 5.36. The van der Waals surface area contributed by atoms with Crippen LogP contribution in [0.1, 0.15) is 35.1 Å². The first-order valence-corrected chi connectivity index (χ1v) is 14.3. The second kappa shape index (κ2) is 12.5. The molecule has 1 aliphatic carbocycles. The normalized spacial score (nSPS) is 17.0. The van der Waals surface area contributed by atoms with Gasteiger partial charge in [0, 0.05) is 24.8 Å². The SMILES string of the molecule is Cc1cccc(CN(C(=O)[C@H]2CNCC(=O)N2c2ccc(OCCOc3c(F)ccc(C)c3Cl)cc2)C2CC2)c1C. The second-order valence-corrected chi connectivity index (χ2v) is 11.0. The van der Waals surface area contributed by atoms with Crippen molar-refractivity contribution in [1.82, 2.24) is 10.2 Å². The molecule has 1 aliphatic heterocycles. The number of anilines is 1. The molecule has 1 saturated heterocycles. The Hall–Kier alpha value is -3.62. The molecule has 2 amide bonds. The Bertz CT molecular complexity index is 1430. The van der Waals surface area contributed by atoms with Gasteiger partial charge in [0.2, 0.25) is 11.8 Å². The quantitative estimate of drug-likeness (QED) is 0.328. The highest BCUT2D eigenvalue weighted by Crippen LogP contribution is 2.33. The molecule has 0 bridgehead atoms. The van der Waals surface area contributed by atoms with Gasteiger partial charge >= 0.3 is 0 Å². The Morgan fingerprint density at radius 2 is 1.76 bits per heavy atom. The molecular formula is C32H35ClFN3O4. The Balaban J connectivity index is 1.25. The first kappa shape index (κ1) is 28.9. The van der Waals surface area contributed by atoms with E-state index in [1.807, 2.05) is 11.0 Å². The molecule has 2 fully saturated rings. The van der Waals surface area contributed by atoms with E-state index >= 15 is 0 Å². The van der Waals surface area contributed by atoms with E-state index in [1.165, 1.54) is 17.2 Å². The number of hydrogen-bond acceptors (Lipinski definition) is 5. The summed E-state index contributed by atoms with van der Waals surface area (Å²) in [7, 11) is 0. The second-order valence-electron chi connectivity index (χ2n) is 10.7. The molecule has 216 valence electrons. The van der Waals surface area contributed by atoms with Crippen LogP contribution in [0.25, 0.3) is 0 Å². The topological polar surface area (TPSA) is 71.1 Å². The Labute approximate surface area is 245 Å². The average Bonchev–Trinajstić information content (AvgIpc) is 3.81. The average molecular weight is 580 g/mol. The summed E-state index contributed by atoms with van der Waals surface area (Å²) in [5.74, 6) is -0.154. The number of hydrogen-bond donors (Lipinski definition) is 1. The summed E-state index contributed by atoms with van der Waals surface area (Å²) in [6.07, 6.45) is 1.95. The minimum Gasteiger partial charge on any atom is -0.490 e. The van der Waals surface area contributed by atoms with Crippen LogP contribution in [0.3, 0.4) is 0 Å². The van der Waals surface area contributed by atoms with Crippen molar-refractivity contribution in [2.24, 2.45) is 0 Å². The molecule has 41 heavy (non-hydrogen) atoms. The number of amides is 2. The van der Waals surface area contributed by atoms with Gasteiger partial charge < -0.3 is 19.7 Å². The van der Waals surface area contributed by atoms with Crippen LogP contribution in [0.15, 0.2) is 54.6 Å². The largest absolute Gasteiger partial charge is 0.490 e. The number of carbonyl (C=O) groups is 2. The fourth-order valence-corrected chi connectivity index (χ4v) is 5.30. The van der Waals surface area contributed by atoms with Gasteiger partial charge in [-0.25, -0.2) is 4.39 Å². The minimum atomic E-state index is -0.642. The van der Waals surface area contributed by atoms with Gasteiger partial charge in [0.1, 0.15) is 25.0 Å². The maximum absolute atomic E-state index is 14.0. The number of carbonyl (C=O) groups excluding carboxylic acids is 2. The highest BCUT2D eigenvalue weighted by atomic mass is 35.5. The van der Waals surface area contributed by atoms with Crippen molar-refractivity contribution in [2.75, 3.05) is 31.2 Å². The molecule has 3 aromatic carbocycles. The van der Waals surface area contributed by atoms with Crippen LogP contribution in [0.5, 0.6) is 11.5 Å². The molecule has 0 radical (unpaired) electrons. The number of nitrogens with one attached hydrogen (secondary N) is 1. The molecule has 9 heteroatoms. The molecular weight excluding hydrogens is 545 g/mol. The maximum Gasteiger partial charge on any atom is 0.247 e. The Morgan fingerprint density at radius 3 is 2.49 bits per heavy atom. The number of aryl methyl sites for hydroxylation is 2. The Kier molecular flexibility index (Phi) is 8.80. The van der Waals surface area contributed by atoms with Gasteiger partial charge in [0.25, 0.3) is 0 Å². The molecule has 1 atom stereocenters. The number of halogens is 2. The van der Waals surface area contributed by atoms with Crippen LogP contribution in [0.4, 0.5) is 10.1 Å². The fourth-order valence-electron chi connectivity index (χ4n) is 5.09. The zero-order valence-electron chi connectivity index (χ0n) is 23.6. The zero-order chi connectivity index (χ0) is 29.1. The first-order chi connectivity index (χ1) is 19.7. The summed E-state index contributed by atoms with van der Waals surface area (Å²) in [6, 6.07) is 15.7. The van der Waals surface area contributed by atoms with Crippen LogP contribution in [0.2, 0.25) is 5.02 Å². The lowest BCUT2D eigenvalue weighted by molar-refractivity contribution is -0.136. The van der Waals surface area contributed by atoms with E-state index in [-0.39, 0.29) is 48.4 Å². The van der Waals surface area contributed by atoms with Crippen LogP contribution in [-0.4, -0.2) is 55.1 Å². The molecule has 0 aromatic heterocycles. The summed E-state index contributed by atoms with van der Waals surface area (Å²) in [5, 5.41) is 3.36. The van der Waals surface area contributed by atoms with Gasteiger partial charge in [0.15, 0.2) is 11.6 Å². The molecule has 3 aromatic rings. The van der Waals surface area contributed by atoms with E-state index in [0.29, 0.717) is 24.5 Å². The van der Waals surface area contributed by atoms with E-state index in [0.717, 1.165) is 24.0 Å². The molecule has 7 nitrogen and oxygen atoms in total. The third-order valence-corrected chi connectivity index (χ3v) is 8.23. The van der Waals surface area contributed by atoms with Crippen molar-refractivity contribution in [1.29, 1.82) is 0 Å². The third kappa shape index (κ3) is 6.49. The molecule has 0 unspecified atom stereocenters. The summed E-state index contributed by atoms with van der Waals surface area (Å²) < 4.78 is 25.3. The molecule has 5 rings (SSSR count). The number of ether oxygens (including phenoxy) is 2. The third-order valence-electron chi connectivity index (χ3n) is 7.76. The van der Waals surface area contributed by atoms with E-state index < -0.39 is 11.9 Å². The van der Waals surface area contributed by atoms with Crippen LogP contribution < -0.4 is 19.7 Å². The van der Waals surface area contributed by atoms with Gasteiger partial charge in [0.05, 0.1) is 11.6 Å². The Morgan fingerprint density at radius 1 is 1.02 bits per heavy atom. The van der Waals surface area contributed by atoms with Crippen molar-refractivity contribution < 1.29 is 23.5 Å². The van der Waals surface area contributed by atoms with E-state index in [4.69, 9.17) is 21.1 Å². The van der Waals surface area contributed by atoms with Crippen molar-refractivity contribution in [2.45, 2.75) is 52.2 Å². The highest BCUT2D eigenvalue weighted by molar-refractivity contribution is 6.32. The molecule has 1 saturated carbocycles. The van der Waals surface area contributed by atoms with Crippen molar-refractivity contribution in [3.05, 3.63) is 87.7 Å². The maximum atomic E-state index is 14.0. The van der Waals surface area contributed by atoms with E-state index in [1.54, 1.807) is 42.2 Å². The number of rotatable bonds is 10. The van der Waals surface area contributed by atoms with Crippen molar-refractivity contribution >= 4 is 29.1 Å². The van der Waals surface area contributed by atoms with Gasteiger partial charge in [-0.15, -0.1) is 0 Å². The van der Waals surface area contributed by atoms with Crippen LogP contribution >= 0.6 is 11.6 Å². The first-order valence-electron chi connectivity index (χ1n) is 13.9. The zero-order valence-corrected chi connectivity index (χ0v) is 24.3. The summed E-state index contributed by atoms with van der Waals surface area (Å²) in [5.41, 5.74) is 4.87. The number of benzene rings is 3. The standard InChI is InChI=1S/C32H35ClFN3O4/c1-20-5-4-6-23(22(20)3)19-36(24-8-9-24)32(39)28-17-35-18-29(38)37(28)25-10-12-26(13-11-25)40-15-16-41-31-27(34)14-7-21(2)30(31)33/h4-7,10-14,24,28,35H,8-9,15-19H2,1-3H3/t28-/m1/s1. The minimum absolute atomic E-state index is 0.0105. The molecule has 1 N–H and O–H groups in total. The van der Waals surface area contributed by atoms with Gasteiger partial charge in [-0.3, -0.25) is 14.5 Å². The lowest BCUT2D eigenvalue weighted by atomic mass is 10.0. The molecule has 0 spiro atoms. The molecule has 1 heterocycles.